The highest BCUT2D eigenvalue weighted by Gasteiger charge is 2.59. The highest BCUT2D eigenvalue weighted by atomic mass is 35.5. The normalized spacial score (nSPS) is 26.4. The lowest BCUT2D eigenvalue weighted by Crippen LogP contribution is -2.54. The van der Waals surface area contributed by atoms with Crippen molar-refractivity contribution in [3.05, 3.63) is 81.2 Å². The second-order valence-corrected chi connectivity index (χ2v) is 17.9. The van der Waals surface area contributed by atoms with Crippen LogP contribution in [-0.4, -0.2) is 112 Å². The summed E-state index contributed by atoms with van der Waals surface area (Å²) < 4.78 is 11.9. The van der Waals surface area contributed by atoms with Gasteiger partial charge in [-0.05, 0) is 111 Å². The number of amides is 5. The van der Waals surface area contributed by atoms with Gasteiger partial charge in [0.2, 0.25) is 17.8 Å². The standard InChI is InChI=1S/C45H49ClN8O8/c1-24-3-5-29(15-26(24)16-37(25(2)55)61-23-38(47)56)49-40-35(46)21-48-44(51-40)52-12-9-31(10-13-52)62-32-18-30(19-32)53-14-11-45(20-28(45)22-53)27-4-6-33-34(17-27)43(60)54(42(33)59)36-7-8-39(57)50-41(36)58/h3-6,15-17,21,28,30-32,36H,7-14,18-20,22-23H2,1-2H3,(H2,47,56)(H,48,49,51)(H,50,57,58)/b37-16+/t28?,30-,32-,36?,45?. The molecule has 62 heavy (non-hydrogen) atoms. The van der Waals surface area contributed by atoms with E-state index in [2.05, 4.69) is 25.4 Å². The number of rotatable bonds is 13. The Bertz CT molecular complexity index is 2410. The quantitative estimate of drug-likeness (QED) is 0.125. The number of benzene rings is 2. The van der Waals surface area contributed by atoms with Crippen molar-refractivity contribution in [1.82, 2.24) is 25.1 Å². The van der Waals surface area contributed by atoms with Crippen molar-refractivity contribution < 1.29 is 38.2 Å². The van der Waals surface area contributed by atoms with E-state index in [4.69, 9.17) is 31.8 Å². The smallest absolute Gasteiger partial charge is 0.262 e. The second-order valence-electron chi connectivity index (χ2n) is 17.5. The van der Waals surface area contributed by atoms with Crippen LogP contribution >= 0.6 is 11.6 Å². The van der Waals surface area contributed by atoms with Gasteiger partial charge in [-0.3, -0.25) is 43.9 Å². The number of aromatic nitrogens is 2. The average Bonchev–Trinajstić information content (AvgIpc) is 3.92. The molecule has 6 aliphatic rings. The molecule has 0 bridgehead atoms. The van der Waals surface area contributed by atoms with E-state index in [0.717, 1.165) is 80.7 Å². The minimum absolute atomic E-state index is 0.00304. The number of halogens is 1. The van der Waals surface area contributed by atoms with Crippen LogP contribution < -0.4 is 21.3 Å². The second kappa shape index (κ2) is 16.5. The van der Waals surface area contributed by atoms with E-state index in [1.807, 2.05) is 37.3 Å². The van der Waals surface area contributed by atoms with Crippen LogP contribution in [0.1, 0.15) is 95.7 Å². The Labute approximate surface area is 363 Å². The molecule has 3 saturated heterocycles. The third-order valence-electron chi connectivity index (χ3n) is 13.5. The third-order valence-corrected chi connectivity index (χ3v) is 13.8. The topological polar surface area (TPSA) is 206 Å². The van der Waals surface area contributed by atoms with Gasteiger partial charge in [-0.25, -0.2) is 4.98 Å². The van der Waals surface area contributed by atoms with Crippen molar-refractivity contribution in [2.24, 2.45) is 11.7 Å². The van der Waals surface area contributed by atoms with Gasteiger partial charge in [0.15, 0.2) is 24.0 Å². The monoisotopic (exact) mass is 864 g/mol. The van der Waals surface area contributed by atoms with Crippen molar-refractivity contribution >= 4 is 70.4 Å². The summed E-state index contributed by atoms with van der Waals surface area (Å²) in [6.45, 7) is 6.31. The number of nitrogens with two attached hydrogens (primary N) is 1. The van der Waals surface area contributed by atoms with E-state index < -0.39 is 36.3 Å². The van der Waals surface area contributed by atoms with Crippen LogP contribution in [0.25, 0.3) is 6.08 Å². The Kier molecular flexibility index (Phi) is 11.1. The van der Waals surface area contributed by atoms with Gasteiger partial charge in [-0.2, -0.15) is 4.98 Å². The van der Waals surface area contributed by atoms with Gasteiger partial charge < -0.3 is 25.4 Å². The van der Waals surface area contributed by atoms with Crippen LogP contribution in [0.5, 0.6) is 0 Å². The summed E-state index contributed by atoms with van der Waals surface area (Å²) in [6.07, 6.45) is 9.55. The molecule has 3 atom stereocenters. The summed E-state index contributed by atoms with van der Waals surface area (Å²) in [4.78, 5) is 89.3. The number of likely N-dealkylation sites (tertiary alicyclic amines) is 1. The first-order valence-electron chi connectivity index (χ1n) is 21.3. The molecule has 0 radical (unpaired) electrons. The number of aryl methyl sites for hydroxylation is 1. The van der Waals surface area contributed by atoms with Gasteiger partial charge in [0, 0.05) is 50.1 Å². The fourth-order valence-corrected chi connectivity index (χ4v) is 9.95. The molecule has 0 spiro atoms. The minimum atomic E-state index is -0.968. The number of imide groups is 2. The molecule has 324 valence electrons. The van der Waals surface area contributed by atoms with Crippen molar-refractivity contribution in [3.8, 4) is 0 Å². The molecule has 5 fully saturated rings. The van der Waals surface area contributed by atoms with E-state index in [-0.39, 0.29) is 47.9 Å². The lowest BCUT2D eigenvalue weighted by molar-refractivity contribution is -0.136. The number of primary amides is 1. The Hall–Kier alpha value is -5.71. The number of hydrogen-bond acceptors (Lipinski definition) is 13. The maximum absolute atomic E-state index is 13.5. The molecule has 4 N–H and O–H groups in total. The number of hydrogen-bond donors (Lipinski definition) is 3. The molecule has 3 unspecified atom stereocenters. The first kappa shape index (κ1) is 41.6. The molecule has 2 aliphatic carbocycles. The number of ketones is 1. The van der Waals surface area contributed by atoms with Gasteiger partial charge in [0.05, 0.1) is 29.5 Å². The van der Waals surface area contributed by atoms with E-state index in [9.17, 15) is 28.8 Å². The zero-order valence-corrected chi connectivity index (χ0v) is 35.4. The highest BCUT2D eigenvalue weighted by molar-refractivity contribution is 6.33. The largest absolute Gasteiger partial charge is 0.480 e. The van der Waals surface area contributed by atoms with Crippen LogP contribution in [-0.2, 0) is 34.1 Å². The molecule has 4 aliphatic heterocycles. The fourth-order valence-electron chi connectivity index (χ4n) is 9.81. The lowest BCUT2D eigenvalue weighted by atomic mass is 9.82. The van der Waals surface area contributed by atoms with Crippen LogP contribution in [0, 0.1) is 12.8 Å². The molecule has 3 aromatic rings. The molecular weight excluding hydrogens is 816 g/mol. The van der Waals surface area contributed by atoms with E-state index in [1.165, 1.54) is 6.92 Å². The molecule has 9 rings (SSSR count). The van der Waals surface area contributed by atoms with Crippen molar-refractivity contribution in [2.45, 2.75) is 94.9 Å². The number of piperidine rings is 3. The summed E-state index contributed by atoms with van der Waals surface area (Å²) in [6, 6.07) is 10.8. The number of carbonyl (C=O) groups excluding carboxylic acids is 6. The minimum Gasteiger partial charge on any atom is -0.480 e. The summed E-state index contributed by atoms with van der Waals surface area (Å²) >= 11 is 6.54. The van der Waals surface area contributed by atoms with Crippen LogP contribution in [0.15, 0.2) is 48.4 Å². The molecule has 5 heterocycles. The highest BCUT2D eigenvalue weighted by Crippen LogP contribution is 2.60. The molecule has 17 heteroatoms. The van der Waals surface area contributed by atoms with Crippen molar-refractivity contribution in [1.29, 1.82) is 0 Å². The van der Waals surface area contributed by atoms with Gasteiger partial charge in [0.1, 0.15) is 11.1 Å². The number of fused-ring (bicyclic) bond motifs is 2. The van der Waals surface area contributed by atoms with Crippen molar-refractivity contribution in [2.75, 3.05) is 43.0 Å². The number of carbonyl (C=O) groups is 6. The van der Waals surface area contributed by atoms with E-state index >= 15 is 0 Å². The van der Waals surface area contributed by atoms with Gasteiger partial charge in [-0.1, -0.05) is 23.7 Å². The molecule has 16 nitrogen and oxygen atoms in total. The van der Waals surface area contributed by atoms with Crippen LogP contribution in [0.3, 0.4) is 0 Å². The fraction of sp³-hybridized carbons (Fsp3) is 0.467. The Balaban J connectivity index is 0.743. The van der Waals surface area contributed by atoms with Gasteiger partial charge in [0.25, 0.3) is 17.7 Å². The Morgan fingerprint density at radius 3 is 2.52 bits per heavy atom. The molecule has 1 aromatic heterocycles. The van der Waals surface area contributed by atoms with Crippen molar-refractivity contribution in [3.63, 3.8) is 0 Å². The molecule has 2 aromatic carbocycles. The SMILES string of the molecule is CC(=O)/C(=C\c1cc(Nc2nc(N3CCC(O[C@H]4C[C@H](N5CCC6(c7ccc8c(c7)C(=O)N(C7CCC(=O)NC7=O)C8=O)CC6C5)C4)CC3)ncc2Cl)ccc1C)OCC(N)=O. The predicted octanol–water partition coefficient (Wildman–Crippen LogP) is 4.20. The Morgan fingerprint density at radius 1 is 1.02 bits per heavy atom. The number of anilines is 3. The number of Topliss-reactive ketones (excluding diaryl/α,β-unsaturated/α-hetero) is 1. The van der Waals surface area contributed by atoms with Crippen LogP contribution in [0.4, 0.5) is 17.5 Å². The van der Waals surface area contributed by atoms with E-state index in [0.29, 0.717) is 51.1 Å². The summed E-state index contributed by atoms with van der Waals surface area (Å²) in [5.41, 5.74) is 9.27. The number of allylic oxidation sites excluding steroid dienone is 1. The van der Waals surface area contributed by atoms with E-state index in [1.54, 1.807) is 18.3 Å². The summed E-state index contributed by atoms with van der Waals surface area (Å²) in [5, 5.41) is 5.90. The summed E-state index contributed by atoms with van der Waals surface area (Å²) in [7, 11) is 0. The molecule has 2 saturated carbocycles. The number of nitrogens with zero attached hydrogens (tertiary/aromatic N) is 5. The Morgan fingerprint density at radius 2 is 1.79 bits per heavy atom. The number of nitrogens with one attached hydrogen (secondary N) is 2. The lowest BCUT2D eigenvalue weighted by Gasteiger charge is -2.47. The van der Waals surface area contributed by atoms with Crippen LogP contribution in [0.2, 0.25) is 5.02 Å². The summed E-state index contributed by atoms with van der Waals surface area (Å²) in [5.74, 6) is -1.39. The number of ether oxygens (including phenoxy) is 2. The van der Waals surface area contributed by atoms with Gasteiger partial charge >= 0.3 is 0 Å². The zero-order chi connectivity index (χ0) is 43.4. The van der Waals surface area contributed by atoms with Gasteiger partial charge in [-0.15, -0.1) is 0 Å². The average molecular weight is 865 g/mol. The first-order chi connectivity index (χ1) is 29.8. The molecule has 5 amide bonds. The predicted molar refractivity (Wildman–Crippen MR) is 228 cm³/mol. The zero-order valence-electron chi connectivity index (χ0n) is 34.7. The first-order valence-corrected chi connectivity index (χ1v) is 21.7. The maximum Gasteiger partial charge on any atom is 0.262 e. The molecular formula is C45H49ClN8O8. The maximum atomic E-state index is 13.5. The third kappa shape index (κ3) is 8.06.